The lowest BCUT2D eigenvalue weighted by molar-refractivity contribution is 0.0841. The molecule has 2 N–H and O–H groups in total. The fourth-order valence-electron chi connectivity index (χ4n) is 2.22. The first-order valence-electron chi connectivity index (χ1n) is 5.96. The third-order valence-electron chi connectivity index (χ3n) is 3.21. The maximum Gasteiger partial charge on any atom is 0.201 e. The highest BCUT2D eigenvalue weighted by Crippen LogP contribution is 2.44. The van der Waals surface area contributed by atoms with Crippen molar-refractivity contribution >= 4 is 5.78 Å². The molecule has 0 saturated carbocycles. The van der Waals surface area contributed by atoms with Crippen LogP contribution in [-0.2, 0) is 0 Å². The van der Waals surface area contributed by atoms with E-state index >= 15 is 0 Å². The highest BCUT2D eigenvalue weighted by molar-refractivity contribution is 6.01. The van der Waals surface area contributed by atoms with Gasteiger partial charge in [-0.1, -0.05) is 30.3 Å². The van der Waals surface area contributed by atoms with Gasteiger partial charge in [0.2, 0.25) is 5.75 Å². The first-order chi connectivity index (χ1) is 9.16. The molecule has 3 rings (SSSR count). The summed E-state index contributed by atoms with van der Waals surface area (Å²) in [4.78, 5) is 12.1. The molecule has 0 amide bonds. The Kier molecular flexibility index (Phi) is 2.63. The van der Waals surface area contributed by atoms with E-state index < -0.39 is 6.10 Å². The monoisotopic (exact) mass is 256 g/mol. The second-order valence-corrected chi connectivity index (χ2v) is 4.45. The van der Waals surface area contributed by atoms with Crippen LogP contribution in [-0.4, -0.2) is 16.0 Å². The van der Waals surface area contributed by atoms with Crippen molar-refractivity contribution in [2.75, 3.05) is 0 Å². The van der Waals surface area contributed by atoms with Gasteiger partial charge >= 0.3 is 0 Å². The second-order valence-electron chi connectivity index (χ2n) is 4.45. The Morgan fingerprint density at radius 2 is 1.79 bits per heavy atom. The van der Waals surface area contributed by atoms with Crippen LogP contribution in [0, 0.1) is 0 Å². The molecule has 0 saturated heterocycles. The van der Waals surface area contributed by atoms with Crippen molar-refractivity contribution < 1.29 is 19.7 Å². The molecule has 19 heavy (non-hydrogen) atoms. The van der Waals surface area contributed by atoms with Gasteiger partial charge in [-0.05, 0) is 17.7 Å². The third kappa shape index (κ3) is 1.91. The van der Waals surface area contributed by atoms with Gasteiger partial charge in [0.1, 0.15) is 6.10 Å². The molecule has 4 heteroatoms. The van der Waals surface area contributed by atoms with E-state index in [1.165, 1.54) is 12.1 Å². The number of rotatable bonds is 1. The van der Waals surface area contributed by atoms with E-state index in [2.05, 4.69) is 0 Å². The number of fused-ring (bicyclic) bond motifs is 1. The van der Waals surface area contributed by atoms with Crippen LogP contribution in [0.1, 0.15) is 28.4 Å². The van der Waals surface area contributed by atoms with Gasteiger partial charge in [-0.15, -0.1) is 0 Å². The van der Waals surface area contributed by atoms with Crippen molar-refractivity contribution in [1.29, 1.82) is 0 Å². The molecule has 1 atom stereocenters. The van der Waals surface area contributed by atoms with Crippen LogP contribution in [0.25, 0.3) is 0 Å². The SMILES string of the molecule is O=C1C[C@@H](c2ccccc2)Oc2c1ccc(O)c2O. The Labute approximate surface area is 109 Å². The van der Waals surface area contributed by atoms with Gasteiger partial charge in [0.25, 0.3) is 0 Å². The topological polar surface area (TPSA) is 66.8 Å². The van der Waals surface area contributed by atoms with Gasteiger partial charge in [0, 0.05) is 0 Å². The zero-order valence-electron chi connectivity index (χ0n) is 10.0. The fourth-order valence-corrected chi connectivity index (χ4v) is 2.22. The summed E-state index contributed by atoms with van der Waals surface area (Å²) in [5.74, 6) is -0.720. The summed E-state index contributed by atoms with van der Waals surface area (Å²) < 4.78 is 5.67. The van der Waals surface area contributed by atoms with Gasteiger partial charge in [0.15, 0.2) is 17.3 Å². The van der Waals surface area contributed by atoms with Crippen molar-refractivity contribution in [1.82, 2.24) is 0 Å². The lowest BCUT2D eigenvalue weighted by Gasteiger charge is -2.26. The molecule has 4 nitrogen and oxygen atoms in total. The molecule has 1 heterocycles. The van der Waals surface area contributed by atoms with E-state index in [1.54, 1.807) is 0 Å². The molecule has 2 aromatic carbocycles. The highest BCUT2D eigenvalue weighted by Gasteiger charge is 2.30. The molecule has 2 aromatic rings. The minimum Gasteiger partial charge on any atom is -0.504 e. The number of hydrogen-bond donors (Lipinski definition) is 2. The van der Waals surface area contributed by atoms with Gasteiger partial charge in [-0.2, -0.15) is 0 Å². The van der Waals surface area contributed by atoms with Crippen LogP contribution in [0.3, 0.4) is 0 Å². The minimum atomic E-state index is -0.436. The van der Waals surface area contributed by atoms with E-state index in [0.29, 0.717) is 5.56 Å². The Morgan fingerprint density at radius 3 is 2.53 bits per heavy atom. The number of carbonyl (C=O) groups excluding carboxylic acids is 1. The molecule has 0 aromatic heterocycles. The number of phenols is 2. The summed E-state index contributed by atoms with van der Waals surface area (Å²) in [6.07, 6.45) is -0.213. The average Bonchev–Trinajstić information content (AvgIpc) is 2.44. The summed E-state index contributed by atoms with van der Waals surface area (Å²) >= 11 is 0. The molecule has 0 bridgehead atoms. The third-order valence-corrected chi connectivity index (χ3v) is 3.21. The van der Waals surface area contributed by atoms with Crippen molar-refractivity contribution in [3.63, 3.8) is 0 Å². The number of benzene rings is 2. The van der Waals surface area contributed by atoms with E-state index in [-0.39, 0.29) is 29.5 Å². The Hall–Kier alpha value is -2.49. The molecule has 1 aliphatic rings. The smallest absolute Gasteiger partial charge is 0.201 e. The lowest BCUT2D eigenvalue weighted by Crippen LogP contribution is -2.20. The number of Topliss-reactive ketones (excluding diaryl/α,β-unsaturated/α-hetero) is 1. The van der Waals surface area contributed by atoms with Crippen LogP contribution >= 0.6 is 0 Å². The van der Waals surface area contributed by atoms with Crippen molar-refractivity contribution in [3.8, 4) is 17.2 Å². The van der Waals surface area contributed by atoms with E-state index in [1.807, 2.05) is 30.3 Å². The fraction of sp³-hybridized carbons (Fsp3) is 0.133. The highest BCUT2D eigenvalue weighted by atomic mass is 16.5. The van der Waals surface area contributed by atoms with Gasteiger partial charge < -0.3 is 14.9 Å². The summed E-state index contributed by atoms with van der Waals surface area (Å²) in [5, 5.41) is 19.3. The number of ketones is 1. The molecular weight excluding hydrogens is 244 g/mol. The van der Waals surface area contributed by atoms with Crippen LogP contribution in [0.2, 0.25) is 0 Å². The largest absolute Gasteiger partial charge is 0.504 e. The Balaban J connectivity index is 2.04. The Morgan fingerprint density at radius 1 is 1.05 bits per heavy atom. The number of ether oxygens (including phenoxy) is 1. The summed E-state index contributed by atoms with van der Waals surface area (Å²) in [7, 11) is 0. The zero-order chi connectivity index (χ0) is 13.4. The lowest BCUT2D eigenvalue weighted by atomic mass is 9.96. The van der Waals surface area contributed by atoms with Gasteiger partial charge in [0.05, 0.1) is 12.0 Å². The Bertz CT molecular complexity index is 634. The summed E-state index contributed by atoms with van der Waals surface area (Å²) in [6, 6.07) is 12.1. The predicted molar refractivity (Wildman–Crippen MR) is 68.5 cm³/mol. The summed E-state index contributed by atoms with van der Waals surface area (Å²) in [5.41, 5.74) is 1.17. The molecule has 0 spiro atoms. The predicted octanol–water partition coefficient (Wildman–Crippen LogP) is 2.80. The molecule has 0 radical (unpaired) electrons. The molecule has 0 unspecified atom stereocenters. The van der Waals surface area contributed by atoms with Crippen molar-refractivity contribution in [3.05, 3.63) is 53.6 Å². The minimum absolute atomic E-state index is 0.0603. The second kappa shape index (κ2) is 4.31. The first kappa shape index (κ1) is 11.6. The summed E-state index contributed by atoms with van der Waals surface area (Å²) in [6.45, 7) is 0. The molecular formula is C15H12O4. The molecule has 0 fully saturated rings. The average molecular weight is 256 g/mol. The van der Waals surface area contributed by atoms with Crippen LogP contribution in [0.15, 0.2) is 42.5 Å². The quantitative estimate of drug-likeness (QED) is 0.770. The first-order valence-corrected chi connectivity index (χ1v) is 5.96. The molecule has 0 aliphatic carbocycles. The maximum absolute atomic E-state index is 12.1. The maximum atomic E-state index is 12.1. The van der Waals surface area contributed by atoms with Crippen molar-refractivity contribution in [2.45, 2.75) is 12.5 Å². The number of hydrogen-bond acceptors (Lipinski definition) is 4. The van der Waals surface area contributed by atoms with E-state index in [0.717, 1.165) is 5.56 Å². The number of aromatic hydroxyl groups is 2. The van der Waals surface area contributed by atoms with Gasteiger partial charge in [-0.3, -0.25) is 4.79 Å². The normalized spacial score (nSPS) is 17.7. The van der Waals surface area contributed by atoms with Crippen LogP contribution < -0.4 is 4.74 Å². The number of phenolic OH excluding ortho intramolecular Hbond substituents is 2. The van der Waals surface area contributed by atoms with Gasteiger partial charge in [-0.25, -0.2) is 0 Å². The van der Waals surface area contributed by atoms with E-state index in [4.69, 9.17) is 4.74 Å². The zero-order valence-corrected chi connectivity index (χ0v) is 10.0. The standard InChI is InChI=1S/C15H12O4/c16-11-7-6-10-12(17)8-13(19-15(10)14(11)18)9-4-2-1-3-5-9/h1-7,13,16,18H,8H2/t13-/m0/s1. The van der Waals surface area contributed by atoms with Crippen LogP contribution in [0.5, 0.6) is 17.2 Å². The number of carbonyl (C=O) groups is 1. The van der Waals surface area contributed by atoms with E-state index in [9.17, 15) is 15.0 Å². The van der Waals surface area contributed by atoms with Crippen LogP contribution in [0.4, 0.5) is 0 Å². The molecule has 1 aliphatic heterocycles. The van der Waals surface area contributed by atoms with Crippen molar-refractivity contribution in [2.24, 2.45) is 0 Å². The molecule has 96 valence electrons.